The summed E-state index contributed by atoms with van der Waals surface area (Å²) >= 11 is 0. The maximum absolute atomic E-state index is 11.2. The molecule has 0 unspecified atom stereocenters. The maximum atomic E-state index is 11.2. The molecule has 1 heterocycles. The summed E-state index contributed by atoms with van der Waals surface area (Å²) in [6, 6.07) is 0. The molecule has 0 aliphatic heterocycles. The van der Waals surface area contributed by atoms with Gasteiger partial charge in [-0.05, 0) is 0 Å². The van der Waals surface area contributed by atoms with Crippen molar-refractivity contribution < 1.29 is 9.72 Å². The number of amides is 1. The second-order valence-corrected chi connectivity index (χ2v) is 2.94. The SMILES string of the molecule is NC(=O)CCn1cc([N+](=O)[O-])c(=O)[nH]c1=O. The number of carbonyl (C=O) groups excluding carboxylic acids is 1. The molecule has 0 fully saturated rings. The van der Waals surface area contributed by atoms with Gasteiger partial charge >= 0.3 is 16.9 Å². The van der Waals surface area contributed by atoms with Gasteiger partial charge in [0.15, 0.2) is 0 Å². The Bertz CT molecular complexity index is 542. The first-order chi connectivity index (χ1) is 7.41. The van der Waals surface area contributed by atoms with Crippen LogP contribution in [-0.4, -0.2) is 20.4 Å². The van der Waals surface area contributed by atoms with E-state index < -0.39 is 27.8 Å². The van der Waals surface area contributed by atoms with E-state index in [-0.39, 0.29) is 13.0 Å². The van der Waals surface area contributed by atoms with Crippen LogP contribution < -0.4 is 17.0 Å². The lowest BCUT2D eigenvalue weighted by Gasteiger charge is -2.01. The molecule has 0 aliphatic rings. The molecule has 86 valence electrons. The first kappa shape index (κ1) is 11.6. The number of nitro groups is 1. The van der Waals surface area contributed by atoms with Crippen LogP contribution >= 0.6 is 0 Å². The maximum Gasteiger partial charge on any atom is 0.350 e. The summed E-state index contributed by atoms with van der Waals surface area (Å²) in [5.41, 5.74) is 2.20. The Morgan fingerprint density at radius 3 is 2.69 bits per heavy atom. The molecule has 0 saturated heterocycles. The Morgan fingerprint density at radius 2 is 2.19 bits per heavy atom. The van der Waals surface area contributed by atoms with E-state index in [1.807, 2.05) is 0 Å². The van der Waals surface area contributed by atoms with Gasteiger partial charge in [-0.25, -0.2) is 4.79 Å². The Morgan fingerprint density at radius 1 is 1.56 bits per heavy atom. The minimum Gasteiger partial charge on any atom is -0.370 e. The average Bonchev–Trinajstić information content (AvgIpc) is 2.15. The first-order valence-electron chi connectivity index (χ1n) is 4.18. The van der Waals surface area contributed by atoms with Gasteiger partial charge in [0.05, 0.1) is 11.1 Å². The number of nitrogens with one attached hydrogen (secondary N) is 1. The van der Waals surface area contributed by atoms with Crippen LogP contribution in [0.3, 0.4) is 0 Å². The predicted molar refractivity (Wildman–Crippen MR) is 51.8 cm³/mol. The molecule has 0 spiro atoms. The fourth-order valence-corrected chi connectivity index (χ4v) is 1.02. The van der Waals surface area contributed by atoms with Crippen LogP contribution in [0.15, 0.2) is 15.8 Å². The Hall–Kier alpha value is -2.45. The van der Waals surface area contributed by atoms with Gasteiger partial charge in [-0.3, -0.25) is 29.3 Å². The first-order valence-corrected chi connectivity index (χ1v) is 4.18. The molecular weight excluding hydrogens is 220 g/mol. The lowest BCUT2D eigenvalue weighted by Crippen LogP contribution is -2.31. The standard InChI is InChI=1S/C7H8N4O5/c8-5(12)1-2-10-3-4(11(15)16)6(13)9-7(10)14/h3H,1-2H2,(H2,8,12)(H,9,13,14). The zero-order valence-electron chi connectivity index (χ0n) is 8.00. The monoisotopic (exact) mass is 228 g/mol. The highest BCUT2D eigenvalue weighted by molar-refractivity contribution is 5.73. The second kappa shape index (κ2) is 4.38. The zero-order chi connectivity index (χ0) is 12.3. The van der Waals surface area contributed by atoms with Gasteiger partial charge < -0.3 is 5.73 Å². The van der Waals surface area contributed by atoms with Crippen LogP contribution in [0.5, 0.6) is 0 Å². The number of H-pyrrole nitrogens is 1. The van der Waals surface area contributed by atoms with Crippen LogP contribution in [0.2, 0.25) is 0 Å². The summed E-state index contributed by atoms with van der Waals surface area (Å²) in [7, 11) is 0. The number of hydrogen-bond donors (Lipinski definition) is 2. The lowest BCUT2D eigenvalue weighted by molar-refractivity contribution is -0.386. The third-order valence-electron chi connectivity index (χ3n) is 1.79. The van der Waals surface area contributed by atoms with Gasteiger partial charge in [0, 0.05) is 13.0 Å². The summed E-state index contributed by atoms with van der Waals surface area (Å²) in [6.07, 6.45) is 0.632. The molecule has 1 rings (SSSR count). The number of primary amides is 1. The number of rotatable bonds is 4. The number of aromatic nitrogens is 2. The minimum absolute atomic E-state index is 0.119. The van der Waals surface area contributed by atoms with Crippen LogP contribution in [-0.2, 0) is 11.3 Å². The average molecular weight is 228 g/mol. The molecule has 1 aromatic rings. The molecule has 3 N–H and O–H groups in total. The van der Waals surface area contributed by atoms with Crippen molar-refractivity contribution >= 4 is 11.6 Å². The van der Waals surface area contributed by atoms with Gasteiger partial charge in [0.25, 0.3) is 0 Å². The molecule has 0 radical (unpaired) electrons. The highest BCUT2D eigenvalue weighted by Gasteiger charge is 2.14. The van der Waals surface area contributed by atoms with E-state index in [4.69, 9.17) is 5.73 Å². The molecule has 0 saturated carbocycles. The molecule has 0 aromatic carbocycles. The lowest BCUT2D eigenvalue weighted by atomic mass is 10.4. The summed E-state index contributed by atoms with van der Waals surface area (Å²) in [5, 5.41) is 10.4. The molecule has 0 atom stereocenters. The van der Waals surface area contributed by atoms with E-state index in [1.54, 1.807) is 4.98 Å². The smallest absolute Gasteiger partial charge is 0.350 e. The van der Waals surface area contributed by atoms with Gasteiger partial charge in [0.2, 0.25) is 5.91 Å². The number of aryl methyl sites for hydroxylation is 1. The number of carbonyl (C=O) groups is 1. The zero-order valence-corrected chi connectivity index (χ0v) is 8.00. The predicted octanol–water partition coefficient (Wildman–Crippen LogP) is -1.68. The van der Waals surface area contributed by atoms with E-state index in [1.165, 1.54) is 0 Å². The molecule has 1 amide bonds. The van der Waals surface area contributed by atoms with E-state index >= 15 is 0 Å². The van der Waals surface area contributed by atoms with Gasteiger partial charge in [-0.2, -0.15) is 0 Å². The molecule has 9 heteroatoms. The number of nitrogens with zero attached hydrogens (tertiary/aromatic N) is 2. The fourth-order valence-electron chi connectivity index (χ4n) is 1.02. The summed E-state index contributed by atoms with van der Waals surface area (Å²) in [5.74, 6) is -0.652. The summed E-state index contributed by atoms with van der Waals surface area (Å²) < 4.78 is 0.851. The molecule has 9 nitrogen and oxygen atoms in total. The van der Waals surface area contributed by atoms with Crippen molar-refractivity contribution in [2.45, 2.75) is 13.0 Å². The van der Waals surface area contributed by atoms with Crippen LogP contribution in [0.1, 0.15) is 6.42 Å². The molecule has 16 heavy (non-hydrogen) atoms. The largest absolute Gasteiger partial charge is 0.370 e. The third-order valence-corrected chi connectivity index (χ3v) is 1.79. The second-order valence-electron chi connectivity index (χ2n) is 2.94. The summed E-state index contributed by atoms with van der Waals surface area (Å²) in [4.78, 5) is 43.9. The molecular formula is C7H8N4O5. The van der Waals surface area contributed by atoms with Crippen molar-refractivity contribution in [2.75, 3.05) is 0 Å². The Balaban J connectivity index is 3.15. The van der Waals surface area contributed by atoms with Crippen molar-refractivity contribution in [3.63, 3.8) is 0 Å². The Kier molecular flexibility index (Phi) is 3.18. The van der Waals surface area contributed by atoms with E-state index in [0.717, 1.165) is 10.8 Å². The van der Waals surface area contributed by atoms with Gasteiger partial charge in [-0.1, -0.05) is 0 Å². The van der Waals surface area contributed by atoms with E-state index in [0.29, 0.717) is 0 Å². The quantitative estimate of drug-likeness (QED) is 0.467. The number of nitrogens with two attached hydrogens (primary N) is 1. The fraction of sp³-hybridized carbons (Fsp3) is 0.286. The van der Waals surface area contributed by atoms with E-state index in [9.17, 15) is 24.5 Å². The van der Waals surface area contributed by atoms with Gasteiger partial charge in [-0.15, -0.1) is 0 Å². The highest BCUT2D eigenvalue weighted by atomic mass is 16.6. The van der Waals surface area contributed by atoms with Crippen molar-refractivity contribution in [3.8, 4) is 0 Å². The van der Waals surface area contributed by atoms with Crippen molar-refractivity contribution in [1.29, 1.82) is 0 Å². The third kappa shape index (κ3) is 2.53. The van der Waals surface area contributed by atoms with E-state index in [2.05, 4.69) is 0 Å². The normalized spacial score (nSPS) is 10.0. The number of hydrogen-bond acceptors (Lipinski definition) is 5. The summed E-state index contributed by atoms with van der Waals surface area (Å²) in [6.45, 7) is -0.119. The van der Waals surface area contributed by atoms with Crippen LogP contribution in [0, 0.1) is 10.1 Å². The van der Waals surface area contributed by atoms with Crippen LogP contribution in [0.25, 0.3) is 0 Å². The highest BCUT2D eigenvalue weighted by Crippen LogP contribution is 1.99. The molecule has 0 aliphatic carbocycles. The molecule has 1 aromatic heterocycles. The van der Waals surface area contributed by atoms with Crippen molar-refractivity contribution in [3.05, 3.63) is 37.1 Å². The number of aromatic amines is 1. The van der Waals surface area contributed by atoms with Crippen molar-refractivity contribution in [1.82, 2.24) is 9.55 Å². The molecule has 0 bridgehead atoms. The van der Waals surface area contributed by atoms with Crippen LogP contribution in [0.4, 0.5) is 5.69 Å². The topological polar surface area (TPSA) is 141 Å². The Labute approximate surface area is 87.7 Å². The van der Waals surface area contributed by atoms with Crippen molar-refractivity contribution in [2.24, 2.45) is 5.73 Å². The van der Waals surface area contributed by atoms with Gasteiger partial charge in [0.1, 0.15) is 0 Å². The minimum atomic E-state index is -1.08.